The largest absolute Gasteiger partial charge is 0.497 e. The molecule has 1 aromatic heterocycles. The van der Waals surface area contributed by atoms with E-state index in [-0.39, 0.29) is 30.8 Å². The monoisotopic (exact) mass is 614 g/mol. The molecule has 1 atom stereocenters. The van der Waals surface area contributed by atoms with Crippen LogP contribution in [0.3, 0.4) is 0 Å². The number of amides is 3. The number of hydrogen-bond acceptors (Lipinski definition) is 8. The number of carbonyl (C=O) groups is 3. The number of benzene rings is 3. The SMILES string of the molecule is COc1ccc(CNC(=O)c2nc([C@H]3CCCN3C(=O)OCc3ccccc3)sc2NC(=O)c2ccccc2C)c(OC)c1. The molecule has 11 heteroatoms. The highest BCUT2D eigenvalue weighted by atomic mass is 32.1. The number of ether oxygens (including phenoxy) is 3. The highest BCUT2D eigenvalue weighted by Gasteiger charge is 2.35. The van der Waals surface area contributed by atoms with Crippen molar-refractivity contribution in [2.45, 2.75) is 39.0 Å². The second-order valence-electron chi connectivity index (χ2n) is 10.3. The molecule has 0 aliphatic carbocycles. The molecule has 10 nitrogen and oxygen atoms in total. The van der Waals surface area contributed by atoms with Crippen LogP contribution in [0.4, 0.5) is 9.80 Å². The average Bonchev–Trinajstić information content (AvgIpc) is 3.71. The zero-order valence-electron chi connectivity index (χ0n) is 24.8. The lowest BCUT2D eigenvalue weighted by atomic mass is 10.1. The first kappa shape index (κ1) is 30.6. The maximum Gasteiger partial charge on any atom is 0.410 e. The van der Waals surface area contributed by atoms with Crippen molar-refractivity contribution in [2.75, 3.05) is 26.1 Å². The van der Waals surface area contributed by atoms with E-state index in [1.807, 2.05) is 55.5 Å². The number of rotatable bonds is 10. The number of hydrogen-bond donors (Lipinski definition) is 2. The minimum atomic E-state index is -0.471. The van der Waals surface area contributed by atoms with Crippen LogP contribution in [0.2, 0.25) is 0 Å². The Bertz CT molecular complexity index is 1640. The molecular formula is C33H34N4O6S. The molecule has 0 radical (unpaired) electrons. The van der Waals surface area contributed by atoms with Gasteiger partial charge in [-0.25, -0.2) is 9.78 Å². The Kier molecular flexibility index (Phi) is 9.75. The zero-order valence-corrected chi connectivity index (χ0v) is 25.6. The smallest absolute Gasteiger partial charge is 0.410 e. The highest BCUT2D eigenvalue weighted by Crippen LogP contribution is 2.38. The third-order valence-electron chi connectivity index (χ3n) is 7.39. The molecule has 1 saturated heterocycles. The molecule has 2 N–H and O–H groups in total. The maximum absolute atomic E-state index is 13.6. The molecule has 5 rings (SSSR count). The molecule has 44 heavy (non-hydrogen) atoms. The third-order valence-corrected chi connectivity index (χ3v) is 8.46. The number of thiazole rings is 1. The van der Waals surface area contributed by atoms with Crippen molar-refractivity contribution in [3.63, 3.8) is 0 Å². The van der Waals surface area contributed by atoms with Crippen molar-refractivity contribution in [1.29, 1.82) is 0 Å². The van der Waals surface area contributed by atoms with Gasteiger partial charge in [-0.05, 0) is 49.1 Å². The number of nitrogens with one attached hydrogen (secondary N) is 2. The van der Waals surface area contributed by atoms with Gasteiger partial charge in [-0.3, -0.25) is 14.5 Å². The fraction of sp³-hybridized carbons (Fsp3) is 0.273. The fourth-order valence-corrected chi connectivity index (χ4v) is 6.12. The molecule has 3 amide bonds. The molecule has 1 fully saturated rings. The Morgan fingerprint density at radius 3 is 2.50 bits per heavy atom. The number of likely N-dealkylation sites (tertiary alicyclic amines) is 1. The Hall–Kier alpha value is -4.90. The quantitative estimate of drug-likeness (QED) is 0.221. The number of aryl methyl sites for hydroxylation is 1. The van der Waals surface area contributed by atoms with Crippen molar-refractivity contribution in [1.82, 2.24) is 15.2 Å². The van der Waals surface area contributed by atoms with Gasteiger partial charge in [0.25, 0.3) is 11.8 Å². The van der Waals surface area contributed by atoms with Gasteiger partial charge in [-0.15, -0.1) is 0 Å². The van der Waals surface area contributed by atoms with Gasteiger partial charge >= 0.3 is 6.09 Å². The van der Waals surface area contributed by atoms with Gasteiger partial charge in [-0.2, -0.15) is 0 Å². The number of nitrogens with zero attached hydrogens (tertiary/aromatic N) is 2. The summed E-state index contributed by atoms with van der Waals surface area (Å²) in [6.07, 6.45) is 0.965. The molecular weight excluding hydrogens is 580 g/mol. The number of methoxy groups -OCH3 is 2. The topological polar surface area (TPSA) is 119 Å². The second-order valence-corrected chi connectivity index (χ2v) is 11.3. The molecule has 2 heterocycles. The molecule has 0 spiro atoms. The van der Waals surface area contributed by atoms with Crippen LogP contribution >= 0.6 is 11.3 Å². The van der Waals surface area contributed by atoms with Crippen LogP contribution in [0.5, 0.6) is 11.5 Å². The number of carbonyl (C=O) groups excluding carboxylic acids is 3. The van der Waals surface area contributed by atoms with Gasteiger partial charge in [0.2, 0.25) is 0 Å². The first-order valence-electron chi connectivity index (χ1n) is 14.2. The van der Waals surface area contributed by atoms with Crippen molar-refractivity contribution in [2.24, 2.45) is 0 Å². The van der Waals surface area contributed by atoms with Gasteiger partial charge in [0.05, 0.1) is 20.3 Å². The summed E-state index contributed by atoms with van der Waals surface area (Å²) in [5, 5.41) is 6.65. The van der Waals surface area contributed by atoms with Crippen molar-refractivity contribution in [3.8, 4) is 11.5 Å². The van der Waals surface area contributed by atoms with E-state index in [1.54, 1.807) is 43.4 Å². The van der Waals surface area contributed by atoms with Gasteiger partial charge in [0, 0.05) is 30.3 Å². The van der Waals surface area contributed by atoms with Crippen LogP contribution in [0, 0.1) is 6.92 Å². The summed E-state index contributed by atoms with van der Waals surface area (Å²) in [6, 6.07) is 21.6. The minimum absolute atomic E-state index is 0.0731. The van der Waals surface area contributed by atoms with Gasteiger partial charge in [0.1, 0.15) is 28.1 Å². The summed E-state index contributed by atoms with van der Waals surface area (Å²) >= 11 is 1.19. The molecule has 1 aliphatic rings. The van der Waals surface area contributed by atoms with Gasteiger partial charge in [0.15, 0.2) is 5.69 Å². The first-order valence-corrected chi connectivity index (χ1v) is 15.0. The van der Waals surface area contributed by atoms with E-state index in [9.17, 15) is 14.4 Å². The van der Waals surface area contributed by atoms with Crippen LogP contribution in [0.1, 0.15) is 61.4 Å². The van der Waals surface area contributed by atoms with Gasteiger partial charge in [-0.1, -0.05) is 59.9 Å². The summed E-state index contributed by atoms with van der Waals surface area (Å²) < 4.78 is 16.3. The van der Waals surface area contributed by atoms with Gasteiger partial charge < -0.3 is 24.8 Å². The lowest BCUT2D eigenvalue weighted by molar-refractivity contribution is 0.0919. The van der Waals surface area contributed by atoms with E-state index in [4.69, 9.17) is 14.2 Å². The molecule has 3 aromatic carbocycles. The normalized spacial score (nSPS) is 14.2. The van der Waals surface area contributed by atoms with Crippen molar-refractivity contribution >= 4 is 34.2 Å². The Morgan fingerprint density at radius 1 is 0.977 bits per heavy atom. The van der Waals surface area contributed by atoms with E-state index < -0.39 is 12.0 Å². The summed E-state index contributed by atoms with van der Waals surface area (Å²) in [4.78, 5) is 46.3. The predicted octanol–water partition coefficient (Wildman–Crippen LogP) is 6.12. The molecule has 1 aliphatic heterocycles. The molecule has 0 unspecified atom stereocenters. The molecule has 0 saturated carbocycles. The standard InChI is InChI=1S/C33H34N4O6S/c1-21-10-7-8-13-25(21)29(38)36-32-28(30(39)34-19-23-15-16-24(41-2)18-27(23)42-3)35-31(44-32)26-14-9-17-37(26)33(40)43-20-22-11-5-4-6-12-22/h4-8,10-13,15-16,18,26H,9,14,17,19-20H2,1-3H3,(H,34,39)(H,36,38)/t26-/m1/s1. The Morgan fingerprint density at radius 2 is 1.75 bits per heavy atom. The maximum atomic E-state index is 13.6. The van der Waals surface area contributed by atoms with Crippen LogP contribution in [0.25, 0.3) is 0 Å². The molecule has 228 valence electrons. The Balaban J connectivity index is 1.38. The third kappa shape index (κ3) is 7.00. The highest BCUT2D eigenvalue weighted by molar-refractivity contribution is 7.16. The molecule has 0 bridgehead atoms. The van der Waals surface area contributed by atoms with E-state index in [2.05, 4.69) is 15.6 Å². The fourth-order valence-electron chi connectivity index (χ4n) is 5.02. The van der Waals surface area contributed by atoms with Crippen LogP contribution in [-0.4, -0.2) is 48.6 Å². The van der Waals surface area contributed by atoms with Crippen LogP contribution < -0.4 is 20.1 Å². The second kappa shape index (κ2) is 14.0. The van der Waals surface area contributed by atoms with E-state index >= 15 is 0 Å². The lowest BCUT2D eigenvalue weighted by Gasteiger charge is -2.22. The van der Waals surface area contributed by atoms with E-state index in [0.717, 1.165) is 23.1 Å². The van der Waals surface area contributed by atoms with Crippen molar-refractivity contribution < 1.29 is 28.6 Å². The number of anilines is 1. The minimum Gasteiger partial charge on any atom is -0.497 e. The zero-order chi connectivity index (χ0) is 31.1. The lowest BCUT2D eigenvalue weighted by Crippen LogP contribution is -2.31. The Labute approximate surface area is 260 Å². The van der Waals surface area contributed by atoms with Crippen LogP contribution in [0.15, 0.2) is 72.8 Å². The first-order chi connectivity index (χ1) is 21.4. The summed E-state index contributed by atoms with van der Waals surface area (Å²) in [7, 11) is 3.11. The predicted molar refractivity (Wildman–Crippen MR) is 167 cm³/mol. The summed E-state index contributed by atoms with van der Waals surface area (Å²) in [5.41, 5.74) is 2.99. The summed E-state index contributed by atoms with van der Waals surface area (Å²) in [6.45, 7) is 2.66. The average molecular weight is 615 g/mol. The summed E-state index contributed by atoms with van der Waals surface area (Å²) in [5.74, 6) is 0.370. The van der Waals surface area contributed by atoms with Crippen molar-refractivity contribution in [3.05, 3.63) is 106 Å². The molecule has 4 aromatic rings. The number of aromatic nitrogens is 1. The van der Waals surface area contributed by atoms with E-state index in [0.29, 0.717) is 40.0 Å². The van der Waals surface area contributed by atoms with E-state index in [1.165, 1.54) is 11.3 Å². The van der Waals surface area contributed by atoms with Crippen LogP contribution in [-0.2, 0) is 17.9 Å².